The molecule has 12 heteroatoms. The highest BCUT2D eigenvalue weighted by molar-refractivity contribution is 5.91. The number of rotatable bonds is 9. The second-order valence-electron chi connectivity index (χ2n) is 7.24. The third-order valence-corrected chi connectivity index (χ3v) is 4.63. The van der Waals surface area contributed by atoms with E-state index in [1.54, 1.807) is 24.3 Å². The van der Waals surface area contributed by atoms with Crippen molar-refractivity contribution in [3.63, 3.8) is 0 Å². The van der Waals surface area contributed by atoms with Crippen LogP contribution in [-0.2, 0) is 15.8 Å². The van der Waals surface area contributed by atoms with Crippen LogP contribution in [0.3, 0.4) is 0 Å². The maximum absolute atomic E-state index is 12.7. The van der Waals surface area contributed by atoms with Crippen LogP contribution >= 0.6 is 0 Å². The maximum atomic E-state index is 12.7. The van der Waals surface area contributed by atoms with Gasteiger partial charge in [-0.1, -0.05) is 24.3 Å². The minimum Gasteiger partial charge on any atom is -0.355 e. The number of carbonyl (C=O) groups excluding carboxylic acids is 2. The fourth-order valence-corrected chi connectivity index (χ4v) is 2.94. The van der Waals surface area contributed by atoms with Crippen LogP contribution in [-0.4, -0.2) is 45.3 Å². The van der Waals surface area contributed by atoms with Crippen LogP contribution in [0, 0.1) is 0 Å². The van der Waals surface area contributed by atoms with Crippen LogP contribution in [0.5, 0.6) is 0 Å². The molecule has 34 heavy (non-hydrogen) atoms. The Hall–Kier alpha value is -3.93. The molecule has 0 atom stereocenters. The molecule has 0 saturated carbocycles. The largest absolute Gasteiger partial charge is 0.416 e. The molecule has 0 saturated heterocycles. The minimum atomic E-state index is -4.43. The van der Waals surface area contributed by atoms with Crippen molar-refractivity contribution in [1.29, 1.82) is 0 Å². The standard InChI is InChI=1S/C22H22F3N7O2/c23-22(24,25)16-9-7-14(8-10-16)20-29-31-21(32-30-20)15-3-1-4-17(13-15)28-19(34)6-2-5-18(33)27-12-11-26/h1,3-4,7-10,13H,2,5-6,11-12,26H2,(H,27,33)(H,28,34). The van der Waals surface area contributed by atoms with Crippen LogP contribution in [0.2, 0.25) is 0 Å². The zero-order valence-electron chi connectivity index (χ0n) is 18.0. The molecule has 2 amide bonds. The van der Waals surface area contributed by atoms with Gasteiger partial charge in [-0.2, -0.15) is 13.2 Å². The Bertz CT molecular complexity index is 1120. The summed E-state index contributed by atoms with van der Waals surface area (Å²) in [6.07, 6.45) is -3.64. The number of alkyl halides is 3. The lowest BCUT2D eigenvalue weighted by atomic mass is 10.1. The molecule has 0 aliphatic carbocycles. The van der Waals surface area contributed by atoms with E-state index in [1.807, 2.05) is 0 Å². The van der Waals surface area contributed by atoms with Crippen LogP contribution < -0.4 is 16.4 Å². The van der Waals surface area contributed by atoms with Gasteiger partial charge in [0.05, 0.1) is 5.56 Å². The Morgan fingerprint density at radius 2 is 1.47 bits per heavy atom. The van der Waals surface area contributed by atoms with Gasteiger partial charge < -0.3 is 16.4 Å². The van der Waals surface area contributed by atoms with E-state index >= 15 is 0 Å². The number of nitrogens with two attached hydrogens (primary N) is 1. The van der Waals surface area contributed by atoms with E-state index in [1.165, 1.54) is 12.1 Å². The highest BCUT2D eigenvalue weighted by Crippen LogP contribution is 2.30. The molecule has 4 N–H and O–H groups in total. The van der Waals surface area contributed by atoms with E-state index in [0.29, 0.717) is 36.3 Å². The number of hydrogen-bond donors (Lipinski definition) is 3. The Balaban J connectivity index is 1.60. The summed E-state index contributed by atoms with van der Waals surface area (Å²) in [6.45, 7) is 0.754. The fourth-order valence-electron chi connectivity index (χ4n) is 2.94. The number of hydrogen-bond acceptors (Lipinski definition) is 7. The SMILES string of the molecule is NCCNC(=O)CCCC(=O)Nc1cccc(-c2nnc(-c3ccc(C(F)(F)F)cc3)nn2)c1. The molecule has 9 nitrogen and oxygen atoms in total. The third kappa shape index (κ3) is 7.04. The summed E-state index contributed by atoms with van der Waals surface area (Å²) >= 11 is 0. The number of aromatic nitrogens is 4. The molecule has 0 fully saturated rings. The molecule has 1 aromatic heterocycles. The minimum absolute atomic E-state index is 0.0810. The fraction of sp³-hybridized carbons (Fsp3) is 0.273. The van der Waals surface area contributed by atoms with Crippen LogP contribution in [0.1, 0.15) is 24.8 Å². The maximum Gasteiger partial charge on any atom is 0.416 e. The summed E-state index contributed by atoms with van der Waals surface area (Å²) in [4.78, 5) is 23.7. The van der Waals surface area contributed by atoms with Gasteiger partial charge in [-0.15, -0.1) is 20.4 Å². The van der Waals surface area contributed by atoms with Gasteiger partial charge in [-0.3, -0.25) is 9.59 Å². The summed E-state index contributed by atoms with van der Waals surface area (Å²) in [5.41, 5.74) is 5.93. The van der Waals surface area contributed by atoms with E-state index in [2.05, 4.69) is 31.0 Å². The molecule has 2 aromatic carbocycles. The Kier molecular flexibility index (Phi) is 8.19. The Morgan fingerprint density at radius 1 is 0.853 bits per heavy atom. The average Bonchev–Trinajstić information content (AvgIpc) is 2.82. The zero-order valence-corrected chi connectivity index (χ0v) is 18.0. The van der Waals surface area contributed by atoms with Crippen molar-refractivity contribution >= 4 is 17.5 Å². The molecule has 0 unspecified atom stereocenters. The van der Waals surface area contributed by atoms with Gasteiger partial charge >= 0.3 is 6.18 Å². The molecular formula is C22H22F3N7O2. The number of nitrogens with zero attached hydrogens (tertiary/aromatic N) is 4. The first-order chi connectivity index (χ1) is 16.3. The van der Waals surface area contributed by atoms with E-state index < -0.39 is 11.7 Å². The molecule has 3 aromatic rings. The summed E-state index contributed by atoms with van der Waals surface area (Å²) in [5, 5.41) is 21.3. The summed E-state index contributed by atoms with van der Waals surface area (Å²) < 4.78 is 38.1. The first-order valence-corrected chi connectivity index (χ1v) is 10.4. The van der Waals surface area contributed by atoms with Crippen molar-refractivity contribution < 1.29 is 22.8 Å². The van der Waals surface area contributed by atoms with Crippen molar-refractivity contribution in [3.05, 3.63) is 54.1 Å². The predicted molar refractivity (Wildman–Crippen MR) is 118 cm³/mol. The zero-order chi connectivity index (χ0) is 24.6. The molecule has 1 heterocycles. The van der Waals surface area contributed by atoms with Crippen LogP contribution in [0.4, 0.5) is 18.9 Å². The highest BCUT2D eigenvalue weighted by Gasteiger charge is 2.30. The van der Waals surface area contributed by atoms with Crippen molar-refractivity contribution in [2.45, 2.75) is 25.4 Å². The first kappa shape index (κ1) is 24.7. The summed E-state index contributed by atoms with van der Waals surface area (Å²) in [5.74, 6) is -0.142. The van der Waals surface area contributed by atoms with Gasteiger partial charge in [0, 0.05) is 42.7 Å². The third-order valence-electron chi connectivity index (χ3n) is 4.63. The van der Waals surface area contributed by atoms with E-state index in [-0.39, 0.29) is 36.3 Å². The number of carbonyl (C=O) groups is 2. The normalized spacial score (nSPS) is 11.2. The smallest absolute Gasteiger partial charge is 0.355 e. The molecule has 0 aliphatic heterocycles. The first-order valence-electron chi connectivity index (χ1n) is 10.4. The quantitative estimate of drug-likeness (QED) is 0.435. The van der Waals surface area contributed by atoms with Gasteiger partial charge in [0.25, 0.3) is 0 Å². The molecular weight excluding hydrogens is 451 g/mol. The predicted octanol–water partition coefficient (Wildman–Crippen LogP) is 2.80. The van der Waals surface area contributed by atoms with E-state index in [0.717, 1.165) is 12.1 Å². The Morgan fingerprint density at radius 3 is 2.09 bits per heavy atom. The van der Waals surface area contributed by atoms with Crippen LogP contribution in [0.25, 0.3) is 22.8 Å². The number of anilines is 1. The van der Waals surface area contributed by atoms with Gasteiger partial charge in [0.15, 0.2) is 0 Å². The number of nitrogens with one attached hydrogen (secondary N) is 2. The van der Waals surface area contributed by atoms with Crippen molar-refractivity contribution in [3.8, 4) is 22.8 Å². The van der Waals surface area contributed by atoms with Gasteiger partial charge in [-0.05, 0) is 30.7 Å². The molecule has 0 bridgehead atoms. The topological polar surface area (TPSA) is 136 Å². The van der Waals surface area contributed by atoms with E-state index in [4.69, 9.17) is 5.73 Å². The molecule has 0 radical (unpaired) electrons. The molecule has 0 aliphatic rings. The lowest BCUT2D eigenvalue weighted by Gasteiger charge is -2.08. The molecule has 0 spiro atoms. The highest BCUT2D eigenvalue weighted by atomic mass is 19.4. The monoisotopic (exact) mass is 473 g/mol. The van der Waals surface area contributed by atoms with Crippen molar-refractivity contribution in [2.75, 3.05) is 18.4 Å². The number of amides is 2. The van der Waals surface area contributed by atoms with Crippen molar-refractivity contribution in [2.24, 2.45) is 5.73 Å². The van der Waals surface area contributed by atoms with Crippen molar-refractivity contribution in [1.82, 2.24) is 25.7 Å². The van der Waals surface area contributed by atoms with Gasteiger partial charge in [-0.25, -0.2) is 0 Å². The Labute approximate surface area is 193 Å². The molecule has 3 rings (SSSR count). The average molecular weight is 473 g/mol. The summed E-state index contributed by atoms with van der Waals surface area (Å²) in [6, 6.07) is 11.1. The lowest BCUT2D eigenvalue weighted by Crippen LogP contribution is -2.28. The van der Waals surface area contributed by atoms with Crippen LogP contribution in [0.15, 0.2) is 48.5 Å². The van der Waals surface area contributed by atoms with Gasteiger partial charge in [0.1, 0.15) is 0 Å². The van der Waals surface area contributed by atoms with E-state index in [9.17, 15) is 22.8 Å². The second-order valence-corrected chi connectivity index (χ2v) is 7.24. The van der Waals surface area contributed by atoms with Gasteiger partial charge in [0.2, 0.25) is 23.5 Å². The lowest BCUT2D eigenvalue weighted by molar-refractivity contribution is -0.137. The second kappa shape index (κ2) is 11.3. The summed E-state index contributed by atoms with van der Waals surface area (Å²) in [7, 11) is 0. The molecule has 178 valence electrons. The number of benzene rings is 2. The number of halogens is 3.